The number of hydrogen-bond donors (Lipinski definition) is 1. The van der Waals surface area contributed by atoms with Crippen molar-refractivity contribution in [1.82, 2.24) is 0 Å². The zero-order chi connectivity index (χ0) is 9.98. The average molecular weight is 173 g/mol. The highest BCUT2D eigenvalue weighted by Gasteiger charge is 1.88. The number of unbranched alkanes of at least 4 members (excludes halogenated alkanes) is 1. The molecule has 12 heavy (non-hydrogen) atoms. The first-order valence-electron chi connectivity index (χ1n) is 4.32. The Morgan fingerprint density at radius 2 is 1.67 bits per heavy atom. The van der Waals surface area contributed by atoms with Gasteiger partial charge in [0.05, 0.1) is 0 Å². The number of ketones is 1. The van der Waals surface area contributed by atoms with Crippen LogP contribution in [0.5, 0.6) is 0 Å². The molecule has 1 amide bonds. The molecule has 3 nitrogen and oxygen atoms in total. The summed E-state index contributed by atoms with van der Waals surface area (Å²) >= 11 is 0. The van der Waals surface area contributed by atoms with Crippen molar-refractivity contribution in [2.75, 3.05) is 0 Å². The molecule has 0 saturated heterocycles. The second kappa shape index (κ2) is 10.1. The number of primary amides is 1. The summed E-state index contributed by atoms with van der Waals surface area (Å²) in [5, 5.41) is 0. The van der Waals surface area contributed by atoms with E-state index in [0.717, 1.165) is 12.8 Å². The quantitative estimate of drug-likeness (QED) is 0.702. The lowest BCUT2D eigenvalue weighted by Crippen LogP contribution is -2.09. The van der Waals surface area contributed by atoms with Crippen LogP contribution in [0, 0.1) is 0 Å². The van der Waals surface area contributed by atoms with Crippen molar-refractivity contribution in [2.24, 2.45) is 5.73 Å². The third-order valence-corrected chi connectivity index (χ3v) is 1.27. The summed E-state index contributed by atoms with van der Waals surface area (Å²) in [5.74, 6) is 0.0619. The van der Waals surface area contributed by atoms with E-state index in [0.29, 0.717) is 12.8 Å². The Balaban J connectivity index is 0. The second-order valence-corrected chi connectivity index (χ2v) is 2.63. The van der Waals surface area contributed by atoms with Crippen LogP contribution in [0.15, 0.2) is 0 Å². The number of amides is 1. The van der Waals surface area contributed by atoms with Gasteiger partial charge in [0.2, 0.25) is 5.91 Å². The minimum Gasteiger partial charge on any atom is -0.370 e. The van der Waals surface area contributed by atoms with Gasteiger partial charge in [-0.2, -0.15) is 0 Å². The number of carbonyl (C=O) groups is 2. The summed E-state index contributed by atoms with van der Waals surface area (Å²) in [6, 6.07) is 0. The normalized spacial score (nSPS) is 8.25. The van der Waals surface area contributed by atoms with E-state index in [1.54, 1.807) is 6.92 Å². The summed E-state index contributed by atoms with van der Waals surface area (Å²) in [4.78, 5) is 19.8. The Hall–Kier alpha value is -0.860. The van der Waals surface area contributed by atoms with E-state index < -0.39 is 0 Å². The van der Waals surface area contributed by atoms with Crippen molar-refractivity contribution in [3.8, 4) is 0 Å². The molecule has 72 valence electrons. The molecule has 0 unspecified atom stereocenters. The van der Waals surface area contributed by atoms with Crippen LogP contribution >= 0.6 is 0 Å². The third kappa shape index (κ3) is 22.9. The minimum atomic E-state index is -0.193. The molecule has 0 rings (SSSR count). The Morgan fingerprint density at radius 1 is 1.25 bits per heavy atom. The predicted octanol–water partition coefficient (Wildman–Crippen LogP) is 1.65. The number of Topliss-reactive ketones (excluding diaryl/α,β-unsaturated/α-hetero) is 1. The number of rotatable bonds is 4. The molecule has 2 N–H and O–H groups in total. The summed E-state index contributed by atoms with van der Waals surface area (Å²) in [7, 11) is 0. The van der Waals surface area contributed by atoms with E-state index in [2.05, 4.69) is 0 Å². The van der Waals surface area contributed by atoms with Gasteiger partial charge in [0, 0.05) is 12.8 Å². The van der Waals surface area contributed by atoms with Gasteiger partial charge in [-0.25, -0.2) is 0 Å². The highest BCUT2D eigenvalue weighted by Crippen LogP contribution is 1.89. The maximum absolute atomic E-state index is 9.98. The highest BCUT2D eigenvalue weighted by atomic mass is 16.1. The topological polar surface area (TPSA) is 60.2 Å². The molecular formula is C9H19NO2. The highest BCUT2D eigenvalue weighted by molar-refractivity contribution is 5.74. The molecule has 0 aromatic carbocycles. The number of hydrogen-bond acceptors (Lipinski definition) is 2. The largest absolute Gasteiger partial charge is 0.370 e. The van der Waals surface area contributed by atoms with Gasteiger partial charge >= 0.3 is 0 Å². The molecule has 0 aliphatic rings. The lowest BCUT2D eigenvalue weighted by atomic mass is 10.2. The molecule has 0 heterocycles. The van der Waals surface area contributed by atoms with E-state index in [1.165, 1.54) is 0 Å². The Morgan fingerprint density at radius 3 is 1.75 bits per heavy atom. The summed E-state index contributed by atoms with van der Waals surface area (Å²) < 4.78 is 0. The van der Waals surface area contributed by atoms with Crippen LogP contribution in [0.1, 0.15) is 46.5 Å². The summed E-state index contributed by atoms with van der Waals surface area (Å²) in [6.07, 6.45) is 3.18. The maximum Gasteiger partial charge on any atom is 0.217 e. The van der Waals surface area contributed by atoms with Crippen molar-refractivity contribution in [3.05, 3.63) is 0 Å². The van der Waals surface area contributed by atoms with Crippen molar-refractivity contribution < 1.29 is 9.59 Å². The average Bonchev–Trinajstić information content (AvgIpc) is 2.02. The van der Waals surface area contributed by atoms with Crippen LogP contribution in [0.2, 0.25) is 0 Å². The van der Waals surface area contributed by atoms with E-state index in [1.807, 2.05) is 13.8 Å². The van der Waals surface area contributed by atoms with Crippen LogP contribution in [0.3, 0.4) is 0 Å². The van der Waals surface area contributed by atoms with Crippen molar-refractivity contribution in [3.63, 3.8) is 0 Å². The summed E-state index contributed by atoms with van der Waals surface area (Å²) in [6.45, 7) is 5.46. The van der Waals surface area contributed by atoms with Crippen LogP contribution in [-0.2, 0) is 9.59 Å². The molecule has 0 atom stereocenters. The van der Waals surface area contributed by atoms with E-state index in [4.69, 9.17) is 5.73 Å². The van der Waals surface area contributed by atoms with Gasteiger partial charge < -0.3 is 10.5 Å². The number of nitrogens with two attached hydrogens (primary N) is 1. The van der Waals surface area contributed by atoms with Gasteiger partial charge in [-0.05, 0) is 13.3 Å². The monoisotopic (exact) mass is 173 g/mol. The SMILES string of the molecule is CCC(C)=O.CCCCC(N)=O. The fourth-order valence-electron chi connectivity index (χ4n) is 0.351. The molecule has 0 aromatic rings. The smallest absolute Gasteiger partial charge is 0.217 e. The van der Waals surface area contributed by atoms with Crippen LogP contribution < -0.4 is 5.73 Å². The lowest BCUT2D eigenvalue weighted by Gasteiger charge is -1.86. The lowest BCUT2D eigenvalue weighted by molar-refractivity contribution is -0.118. The zero-order valence-electron chi connectivity index (χ0n) is 8.22. The van der Waals surface area contributed by atoms with Crippen molar-refractivity contribution >= 4 is 11.7 Å². The molecule has 0 radical (unpaired) electrons. The molecule has 0 aliphatic heterocycles. The molecule has 0 fully saturated rings. The van der Waals surface area contributed by atoms with E-state index in [9.17, 15) is 9.59 Å². The van der Waals surface area contributed by atoms with Crippen LogP contribution in [0.25, 0.3) is 0 Å². The van der Waals surface area contributed by atoms with Gasteiger partial charge in [-0.3, -0.25) is 4.79 Å². The second-order valence-electron chi connectivity index (χ2n) is 2.63. The van der Waals surface area contributed by atoms with Gasteiger partial charge in [0.25, 0.3) is 0 Å². The Labute approximate surface area is 74.3 Å². The van der Waals surface area contributed by atoms with E-state index in [-0.39, 0.29) is 11.7 Å². The zero-order valence-corrected chi connectivity index (χ0v) is 8.22. The standard InChI is InChI=1S/C5H11NO.C4H8O/c1-2-3-4-5(6)7;1-3-4(2)5/h2-4H2,1H3,(H2,6,7);3H2,1-2H3. The molecular weight excluding hydrogens is 154 g/mol. The molecule has 0 aromatic heterocycles. The fourth-order valence-corrected chi connectivity index (χ4v) is 0.351. The molecule has 0 saturated carbocycles. The van der Waals surface area contributed by atoms with Gasteiger partial charge in [-0.1, -0.05) is 20.3 Å². The van der Waals surface area contributed by atoms with Gasteiger partial charge in [-0.15, -0.1) is 0 Å². The summed E-state index contributed by atoms with van der Waals surface area (Å²) in [5.41, 5.74) is 4.84. The minimum absolute atomic E-state index is 0.193. The molecule has 0 aliphatic carbocycles. The van der Waals surface area contributed by atoms with Crippen molar-refractivity contribution in [2.45, 2.75) is 46.5 Å². The van der Waals surface area contributed by atoms with Gasteiger partial charge in [0.1, 0.15) is 5.78 Å². The Kier molecular flexibility index (Phi) is 11.6. The molecule has 3 heteroatoms. The van der Waals surface area contributed by atoms with Crippen LogP contribution in [-0.4, -0.2) is 11.7 Å². The number of carbonyl (C=O) groups excluding carboxylic acids is 2. The third-order valence-electron chi connectivity index (χ3n) is 1.27. The molecule has 0 bridgehead atoms. The maximum atomic E-state index is 9.98. The Bertz CT molecular complexity index is 132. The van der Waals surface area contributed by atoms with Crippen LogP contribution in [0.4, 0.5) is 0 Å². The van der Waals surface area contributed by atoms with E-state index >= 15 is 0 Å². The first-order chi connectivity index (χ1) is 5.54. The first kappa shape index (κ1) is 13.7. The fraction of sp³-hybridized carbons (Fsp3) is 0.778. The first-order valence-corrected chi connectivity index (χ1v) is 4.32. The van der Waals surface area contributed by atoms with Gasteiger partial charge in [0.15, 0.2) is 0 Å². The predicted molar refractivity (Wildman–Crippen MR) is 49.7 cm³/mol. The van der Waals surface area contributed by atoms with Crippen molar-refractivity contribution in [1.29, 1.82) is 0 Å². The molecule has 0 spiro atoms.